The first-order valence-corrected chi connectivity index (χ1v) is 3.96. The van der Waals surface area contributed by atoms with Crippen LogP contribution >= 0.6 is 0 Å². The van der Waals surface area contributed by atoms with Gasteiger partial charge in [-0.05, 0) is 8.33 Å². The van der Waals surface area contributed by atoms with Crippen LogP contribution in [0.2, 0.25) is 0 Å². The molecule has 0 atom stereocenters. The van der Waals surface area contributed by atoms with Crippen molar-refractivity contribution >= 4 is 25.6 Å². The Balaban J connectivity index is 3.04. The molecule has 6 heteroatoms. The minimum atomic E-state index is -1.40. The van der Waals surface area contributed by atoms with Crippen molar-refractivity contribution < 1.29 is 8.33 Å². The van der Waals surface area contributed by atoms with E-state index in [2.05, 4.69) is 25.6 Å². The van der Waals surface area contributed by atoms with Crippen molar-refractivity contribution in [1.29, 1.82) is 0 Å². The van der Waals surface area contributed by atoms with E-state index in [1.807, 2.05) is 0 Å². The number of rotatable bonds is 2. The smallest absolute Gasteiger partial charge is 0.364 e. The van der Waals surface area contributed by atoms with Gasteiger partial charge in [0.05, 0.1) is 6.08 Å². The maximum atomic E-state index is 10.9. The van der Waals surface area contributed by atoms with E-state index in [0.717, 1.165) is 0 Å². The van der Waals surface area contributed by atoms with E-state index >= 15 is 0 Å². The summed E-state index contributed by atoms with van der Waals surface area (Å²) >= 11 is 8.74. The fourth-order valence-corrected chi connectivity index (χ4v) is 1.41. The van der Waals surface area contributed by atoms with Crippen molar-refractivity contribution in [3.05, 3.63) is 34.1 Å². The zero-order valence-electron chi connectivity index (χ0n) is 6.04. The Morgan fingerprint density at radius 2 is 1.75 bits per heavy atom. The predicted molar refractivity (Wildman–Crippen MR) is 47.6 cm³/mol. The van der Waals surface area contributed by atoms with Crippen LogP contribution in [0.3, 0.4) is 0 Å². The lowest BCUT2D eigenvalue weighted by Gasteiger charge is -2.17. The third-order valence-corrected chi connectivity index (χ3v) is 2.29. The second kappa shape index (κ2) is 3.24. The van der Waals surface area contributed by atoms with Gasteiger partial charge in [-0.25, -0.2) is 0 Å². The quantitative estimate of drug-likeness (QED) is 0.375. The molecule has 0 heterocycles. The first-order chi connectivity index (χ1) is 5.59. The molecule has 0 aliphatic heterocycles. The van der Waals surface area contributed by atoms with E-state index in [1.54, 1.807) is 18.2 Å². The number of nitroso groups, excluding NO2 is 2. The van der Waals surface area contributed by atoms with Crippen LogP contribution < -0.4 is 0 Å². The highest BCUT2D eigenvalue weighted by atomic mass is 32.1. The van der Waals surface area contributed by atoms with E-state index in [1.165, 1.54) is 6.08 Å². The van der Waals surface area contributed by atoms with Gasteiger partial charge in [0.2, 0.25) is 0 Å². The van der Waals surface area contributed by atoms with Crippen LogP contribution in [0.4, 0.5) is 0 Å². The molecule has 0 aromatic rings. The molecule has 0 bridgehead atoms. The molecule has 0 unspecified atom stereocenters. The topological polar surface area (TPSA) is 40.2 Å². The van der Waals surface area contributed by atoms with Crippen molar-refractivity contribution in [2.45, 2.75) is 12.1 Å². The average molecular weight is 202 g/mol. The molecule has 64 valence electrons. The van der Waals surface area contributed by atoms with Gasteiger partial charge >= 0.3 is 5.66 Å². The molecule has 0 amide bonds. The maximum Gasteiger partial charge on any atom is 0.430 e. The Morgan fingerprint density at radius 3 is 2.00 bits per heavy atom. The zero-order chi connectivity index (χ0) is 9.19. The standard InChI is InChI=1S/C6H6N2O2S2/c9-7(11)6(8(10)12)4-2-1-3-5-6/h1-4H,5H2. The lowest BCUT2D eigenvalue weighted by Crippen LogP contribution is -2.44. The van der Waals surface area contributed by atoms with Gasteiger partial charge in [-0.1, -0.05) is 18.2 Å². The van der Waals surface area contributed by atoms with Crippen LogP contribution in [0, 0.1) is 9.81 Å². The average Bonchev–Trinajstić information content (AvgIpc) is 2.05. The van der Waals surface area contributed by atoms with E-state index in [9.17, 15) is 9.81 Å². The highest BCUT2D eigenvalue weighted by Gasteiger charge is 2.47. The van der Waals surface area contributed by atoms with E-state index < -0.39 is 5.66 Å². The number of nitrogens with zero attached hydrogens (tertiary/aromatic N) is 2. The van der Waals surface area contributed by atoms with Gasteiger partial charge in [0.15, 0.2) is 0 Å². The summed E-state index contributed by atoms with van der Waals surface area (Å²) in [6, 6.07) is 0. The van der Waals surface area contributed by atoms with Crippen LogP contribution in [0.5, 0.6) is 0 Å². The second-order valence-corrected chi connectivity index (χ2v) is 3.05. The molecule has 0 radical (unpaired) electrons. The molecule has 0 fully saturated rings. The number of hydrogen-bond acceptors (Lipinski definition) is 4. The largest absolute Gasteiger partial charge is 0.430 e. The summed E-state index contributed by atoms with van der Waals surface area (Å²) in [4.78, 5) is 21.8. The monoisotopic (exact) mass is 202 g/mol. The molecule has 0 saturated carbocycles. The molecule has 0 saturated heterocycles. The summed E-state index contributed by atoms with van der Waals surface area (Å²) in [5, 5.41) is 0. The van der Waals surface area contributed by atoms with Gasteiger partial charge in [-0.3, -0.25) is 0 Å². The molecular weight excluding hydrogens is 196 g/mol. The summed E-state index contributed by atoms with van der Waals surface area (Å²) in [6.45, 7) is 0. The Labute approximate surface area is 80.6 Å². The van der Waals surface area contributed by atoms with Gasteiger partial charge in [0, 0.05) is 9.81 Å². The molecule has 12 heavy (non-hydrogen) atoms. The number of hydrogen-bond donors (Lipinski definition) is 0. The van der Waals surface area contributed by atoms with Crippen LogP contribution in [-0.4, -0.2) is 14.0 Å². The second-order valence-electron chi connectivity index (χ2n) is 2.38. The molecule has 1 aliphatic carbocycles. The van der Waals surface area contributed by atoms with Gasteiger partial charge in [-0.15, -0.1) is 0 Å². The van der Waals surface area contributed by atoms with Gasteiger partial charge in [-0.2, -0.15) is 0 Å². The predicted octanol–water partition coefficient (Wildman–Crippen LogP) is 0.680. The first-order valence-electron chi connectivity index (χ1n) is 3.23. The Bertz CT molecular complexity index is 271. The summed E-state index contributed by atoms with van der Waals surface area (Å²) in [5.74, 6) is 0. The van der Waals surface area contributed by atoms with Gasteiger partial charge in [0.25, 0.3) is 0 Å². The van der Waals surface area contributed by atoms with Crippen molar-refractivity contribution in [3.63, 3.8) is 0 Å². The fraction of sp³-hybridized carbons (Fsp3) is 0.333. The minimum Gasteiger partial charge on any atom is -0.364 e. The molecule has 0 aromatic heterocycles. The summed E-state index contributed by atoms with van der Waals surface area (Å²) in [5.41, 5.74) is -1.40. The van der Waals surface area contributed by atoms with E-state index in [-0.39, 0.29) is 14.8 Å². The summed E-state index contributed by atoms with van der Waals surface area (Å²) in [6.07, 6.45) is 6.62. The van der Waals surface area contributed by atoms with E-state index in [4.69, 9.17) is 0 Å². The van der Waals surface area contributed by atoms with Crippen molar-refractivity contribution in [2.24, 2.45) is 0 Å². The molecule has 4 nitrogen and oxygen atoms in total. The maximum absolute atomic E-state index is 10.9. The summed E-state index contributed by atoms with van der Waals surface area (Å²) in [7, 11) is 0. The third kappa shape index (κ3) is 1.35. The zero-order valence-corrected chi connectivity index (χ0v) is 7.68. The SMILES string of the molecule is O=[N+]([S-])C1([N+](=O)[S-])C=CC=CC1. The third-order valence-electron chi connectivity index (χ3n) is 1.66. The normalized spacial score (nSPS) is 19.0. The Kier molecular flexibility index (Phi) is 2.49. The van der Waals surface area contributed by atoms with Gasteiger partial charge < -0.3 is 25.6 Å². The van der Waals surface area contributed by atoms with Crippen LogP contribution in [0.25, 0.3) is 0 Å². The summed E-state index contributed by atoms with van der Waals surface area (Å²) < 4.78 is 0.319. The fourth-order valence-electron chi connectivity index (χ4n) is 0.935. The van der Waals surface area contributed by atoms with Crippen LogP contribution in [0.15, 0.2) is 24.3 Å². The molecule has 1 rings (SSSR count). The highest BCUT2D eigenvalue weighted by Crippen LogP contribution is 2.21. The van der Waals surface area contributed by atoms with Crippen molar-refractivity contribution in [3.8, 4) is 0 Å². The Hall–Kier alpha value is -0.880. The lowest BCUT2D eigenvalue weighted by atomic mass is 10.0. The minimum absolute atomic E-state index is 0.160. The van der Waals surface area contributed by atoms with Crippen LogP contribution in [0.1, 0.15) is 6.42 Å². The first kappa shape index (κ1) is 9.21. The van der Waals surface area contributed by atoms with Crippen molar-refractivity contribution in [2.75, 3.05) is 0 Å². The molecule has 0 aromatic carbocycles. The van der Waals surface area contributed by atoms with Gasteiger partial charge in [0.1, 0.15) is 6.42 Å². The highest BCUT2D eigenvalue weighted by molar-refractivity contribution is 7.52. The molecular formula is C6H6N2O2S2. The molecule has 0 N–H and O–H groups in total. The lowest BCUT2D eigenvalue weighted by molar-refractivity contribution is -0.691. The van der Waals surface area contributed by atoms with E-state index in [0.29, 0.717) is 0 Å². The number of allylic oxidation sites excluding steroid dienone is 2. The van der Waals surface area contributed by atoms with Crippen molar-refractivity contribution in [1.82, 2.24) is 0 Å². The molecule has 0 spiro atoms. The van der Waals surface area contributed by atoms with Crippen LogP contribution in [-0.2, 0) is 25.6 Å². The molecule has 1 aliphatic rings. The Morgan fingerprint density at radius 1 is 1.17 bits per heavy atom.